The molecule has 0 amide bonds. The highest BCUT2D eigenvalue weighted by Gasteiger charge is 2.62. The Morgan fingerprint density at radius 2 is 1.97 bits per heavy atom. The second-order valence-electron chi connectivity index (χ2n) is 9.80. The first-order valence-corrected chi connectivity index (χ1v) is 11.3. The average molecular weight is 447 g/mol. The molecule has 7 nitrogen and oxygen atoms in total. The Morgan fingerprint density at radius 3 is 2.56 bits per heavy atom. The summed E-state index contributed by atoms with van der Waals surface area (Å²) in [6, 6.07) is 0. The molecule has 1 fully saturated rings. The highest BCUT2D eigenvalue weighted by Crippen LogP contribution is 2.60. The van der Waals surface area contributed by atoms with E-state index in [4.69, 9.17) is 13.9 Å². The number of hydrogen-bond acceptors (Lipinski definition) is 6. The van der Waals surface area contributed by atoms with Crippen molar-refractivity contribution in [1.82, 2.24) is 0 Å². The van der Waals surface area contributed by atoms with E-state index in [2.05, 4.69) is 0 Å². The maximum absolute atomic E-state index is 12.8. The number of allylic oxidation sites excluding steroid dienone is 1. The molecule has 1 heterocycles. The maximum Gasteiger partial charge on any atom is 0.333 e. The van der Waals surface area contributed by atoms with Crippen LogP contribution in [0.1, 0.15) is 76.9 Å². The minimum atomic E-state index is -1.05. The standard InChI is InChI=1S/C25H34O7/c1-7-14(4)24(29)31-17-9-8-16-11-18-20(15(5)12-30-18)22(32-19(26)10-13(2)3)25(16,6)21(17)23(27)28/h7,12-13,16-17,21-22H,8-11H2,1-6H3,(H,27,28)/b14-7+/t16-,17+,21-,22+,25+/m1/s1. The quantitative estimate of drug-likeness (QED) is 0.496. The number of carbonyl (C=O) groups excluding carboxylic acids is 2. The lowest BCUT2D eigenvalue weighted by atomic mass is 9.53. The molecule has 2 aliphatic carbocycles. The summed E-state index contributed by atoms with van der Waals surface area (Å²) in [4.78, 5) is 37.9. The highest BCUT2D eigenvalue weighted by atomic mass is 16.6. The van der Waals surface area contributed by atoms with Crippen molar-refractivity contribution in [2.45, 2.75) is 79.4 Å². The van der Waals surface area contributed by atoms with Gasteiger partial charge in [-0.15, -0.1) is 0 Å². The van der Waals surface area contributed by atoms with E-state index in [1.54, 1.807) is 26.2 Å². The summed E-state index contributed by atoms with van der Waals surface area (Å²) in [5.74, 6) is -2.19. The Morgan fingerprint density at radius 1 is 1.28 bits per heavy atom. The van der Waals surface area contributed by atoms with E-state index in [0.29, 0.717) is 24.8 Å². The molecule has 0 unspecified atom stereocenters. The number of fused-ring (bicyclic) bond motifs is 2. The summed E-state index contributed by atoms with van der Waals surface area (Å²) >= 11 is 0. The number of hydrogen-bond donors (Lipinski definition) is 1. The van der Waals surface area contributed by atoms with Crippen molar-refractivity contribution in [2.75, 3.05) is 0 Å². The van der Waals surface area contributed by atoms with Crippen LogP contribution in [0, 0.1) is 30.1 Å². The average Bonchev–Trinajstić information content (AvgIpc) is 3.06. The van der Waals surface area contributed by atoms with E-state index >= 15 is 0 Å². The van der Waals surface area contributed by atoms with Crippen LogP contribution in [-0.4, -0.2) is 29.1 Å². The molecule has 7 heteroatoms. The van der Waals surface area contributed by atoms with Gasteiger partial charge in [-0.2, -0.15) is 0 Å². The normalized spacial score (nSPS) is 29.8. The molecule has 0 bridgehead atoms. The number of aryl methyl sites for hydroxylation is 1. The molecule has 1 saturated carbocycles. The summed E-state index contributed by atoms with van der Waals surface area (Å²) in [6.07, 6.45) is 3.56. The van der Waals surface area contributed by atoms with Gasteiger partial charge in [-0.3, -0.25) is 9.59 Å². The monoisotopic (exact) mass is 446 g/mol. The number of carboxylic acid groups (broad SMARTS) is 1. The van der Waals surface area contributed by atoms with Crippen LogP contribution >= 0.6 is 0 Å². The smallest absolute Gasteiger partial charge is 0.333 e. The summed E-state index contributed by atoms with van der Waals surface area (Å²) in [7, 11) is 0. The fourth-order valence-electron chi connectivity index (χ4n) is 5.35. The maximum atomic E-state index is 12.8. The molecular formula is C25H34O7. The Kier molecular flexibility index (Phi) is 6.86. The third-order valence-corrected chi connectivity index (χ3v) is 7.19. The Hall–Kier alpha value is -2.57. The zero-order valence-electron chi connectivity index (χ0n) is 19.8. The van der Waals surface area contributed by atoms with E-state index in [0.717, 1.165) is 16.9 Å². The van der Waals surface area contributed by atoms with Gasteiger partial charge in [0.05, 0.1) is 6.26 Å². The number of aliphatic carboxylic acids is 1. The lowest BCUT2D eigenvalue weighted by Crippen LogP contribution is -2.56. The van der Waals surface area contributed by atoms with Crippen molar-refractivity contribution >= 4 is 17.9 Å². The Labute approximate surface area is 189 Å². The predicted octanol–water partition coefficient (Wildman–Crippen LogP) is 4.77. The van der Waals surface area contributed by atoms with E-state index in [1.165, 1.54) is 0 Å². The number of rotatable bonds is 6. The highest BCUT2D eigenvalue weighted by molar-refractivity contribution is 5.88. The third kappa shape index (κ3) is 4.21. The van der Waals surface area contributed by atoms with E-state index in [-0.39, 0.29) is 24.2 Å². The zero-order valence-corrected chi connectivity index (χ0v) is 19.8. The number of carbonyl (C=O) groups is 3. The molecule has 1 aromatic rings. The van der Waals surface area contributed by atoms with Crippen molar-refractivity contribution in [3.8, 4) is 0 Å². The second kappa shape index (κ2) is 9.12. The molecule has 0 spiro atoms. The molecule has 5 atom stereocenters. The molecule has 1 N–H and O–H groups in total. The number of ether oxygens (including phenoxy) is 2. The predicted molar refractivity (Wildman–Crippen MR) is 117 cm³/mol. The van der Waals surface area contributed by atoms with Crippen LogP contribution in [-0.2, 0) is 30.3 Å². The molecule has 0 aromatic carbocycles. The molecule has 176 valence electrons. The number of esters is 2. The van der Waals surface area contributed by atoms with Gasteiger partial charge in [-0.25, -0.2) is 4.79 Å². The van der Waals surface area contributed by atoms with Crippen molar-refractivity contribution in [2.24, 2.45) is 23.2 Å². The third-order valence-electron chi connectivity index (χ3n) is 7.19. The van der Waals surface area contributed by atoms with Gasteiger partial charge in [-0.1, -0.05) is 26.8 Å². The van der Waals surface area contributed by atoms with Gasteiger partial charge in [0.15, 0.2) is 0 Å². The Balaban J connectivity index is 2.06. The van der Waals surface area contributed by atoms with Gasteiger partial charge in [0.25, 0.3) is 0 Å². The van der Waals surface area contributed by atoms with Gasteiger partial charge in [0.1, 0.15) is 23.9 Å². The van der Waals surface area contributed by atoms with Crippen LogP contribution in [0.4, 0.5) is 0 Å². The molecule has 1 aromatic heterocycles. The van der Waals surface area contributed by atoms with E-state index < -0.39 is 35.5 Å². The first-order valence-electron chi connectivity index (χ1n) is 11.3. The van der Waals surface area contributed by atoms with Crippen LogP contribution in [0.25, 0.3) is 0 Å². The van der Waals surface area contributed by atoms with Crippen molar-refractivity contribution in [3.05, 3.63) is 34.8 Å². The summed E-state index contributed by atoms with van der Waals surface area (Å²) in [5.41, 5.74) is 1.06. The van der Waals surface area contributed by atoms with Gasteiger partial charge in [0.2, 0.25) is 0 Å². The van der Waals surface area contributed by atoms with Crippen LogP contribution in [0.2, 0.25) is 0 Å². The van der Waals surface area contributed by atoms with Crippen molar-refractivity contribution in [1.29, 1.82) is 0 Å². The Bertz CT molecular complexity index is 925. The summed E-state index contributed by atoms with van der Waals surface area (Å²) < 4.78 is 17.5. The number of carboxylic acids is 1. The fraction of sp³-hybridized carbons (Fsp3) is 0.640. The van der Waals surface area contributed by atoms with Gasteiger partial charge in [0, 0.05) is 29.4 Å². The molecule has 0 radical (unpaired) electrons. The molecule has 32 heavy (non-hydrogen) atoms. The second-order valence-corrected chi connectivity index (χ2v) is 9.80. The molecular weight excluding hydrogens is 412 g/mol. The number of furan rings is 1. The topological polar surface area (TPSA) is 103 Å². The lowest BCUT2D eigenvalue weighted by molar-refractivity contribution is -0.198. The van der Waals surface area contributed by atoms with Crippen molar-refractivity contribution < 1.29 is 33.4 Å². The summed E-state index contributed by atoms with van der Waals surface area (Å²) in [6.45, 7) is 11.0. The first-order chi connectivity index (χ1) is 15.0. The summed E-state index contributed by atoms with van der Waals surface area (Å²) in [5, 5.41) is 10.3. The minimum absolute atomic E-state index is 0.0868. The van der Waals surface area contributed by atoms with E-state index in [9.17, 15) is 19.5 Å². The van der Waals surface area contributed by atoms with Gasteiger partial charge in [-0.05, 0) is 51.0 Å². The lowest BCUT2D eigenvalue weighted by Gasteiger charge is -2.53. The van der Waals surface area contributed by atoms with Gasteiger partial charge >= 0.3 is 17.9 Å². The van der Waals surface area contributed by atoms with Crippen LogP contribution in [0.15, 0.2) is 22.3 Å². The molecule has 0 aliphatic heterocycles. The van der Waals surface area contributed by atoms with E-state index in [1.807, 2.05) is 27.7 Å². The van der Waals surface area contributed by atoms with Gasteiger partial charge < -0.3 is 19.0 Å². The molecule has 0 saturated heterocycles. The molecule has 3 rings (SSSR count). The van der Waals surface area contributed by atoms with Crippen LogP contribution in [0.3, 0.4) is 0 Å². The minimum Gasteiger partial charge on any atom is -0.481 e. The largest absolute Gasteiger partial charge is 0.481 e. The van der Waals surface area contributed by atoms with Crippen LogP contribution < -0.4 is 0 Å². The van der Waals surface area contributed by atoms with Crippen LogP contribution in [0.5, 0.6) is 0 Å². The molecule has 2 aliphatic rings. The fourth-order valence-corrected chi connectivity index (χ4v) is 5.35. The first kappa shape index (κ1) is 24.1. The SMILES string of the molecule is C/C=C(\C)C(=O)O[C@H]1CC[C@@H]2Cc3occ(C)c3[C@H](OC(=O)CC(C)C)[C@]2(C)[C@H]1C(=O)O. The van der Waals surface area contributed by atoms with Crippen molar-refractivity contribution in [3.63, 3.8) is 0 Å². The zero-order chi connectivity index (χ0) is 23.8.